The number of nitrogens with zero attached hydrogens (tertiary/aromatic N) is 2. The predicted molar refractivity (Wildman–Crippen MR) is 148 cm³/mol. The highest BCUT2D eigenvalue weighted by atomic mass is 35.5. The van der Waals surface area contributed by atoms with Gasteiger partial charge in [-0.25, -0.2) is 18.6 Å². The highest BCUT2D eigenvalue weighted by molar-refractivity contribution is 6.30. The third-order valence-corrected chi connectivity index (χ3v) is 7.98. The number of carbonyl (C=O) groups is 1. The van der Waals surface area contributed by atoms with E-state index in [9.17, 15) is 18.7 Å². The lowest BCUT2D eigenvalue weighted by Crippen LogP contribution is -2.41. The Kier molecular flexibility index (Phi) is 7.74. The average molecular weight is 553 g/mol. The maximum absolute atomic E-state index is 14.6. The molecule has 0 spiro atoms. The number of hydrogen-bond acceptors (Lipinski definition) is 3. The molecule has 8 heteroatoms. The number of ether oxygens (including phenoxy) is 1. The molecule has 0 aliphatic heterocycles. The molecule has 5 nitrogen and oxygen atoms in total. The number of fused-ring (bicyclic) bond motifs is 1. The lowest BCUT2D eigenvalue weighted by atomic mass is 9.77. The summed E-state index contributed by atoms with van der Waals surface area (Å²) in [5, 5.41) is 9.80. The zero-order valence-corrected chi connectivity index (χ0v) is 22.7. The molecular formula is C31H31ClF2N2O3. The Morgan fingerprint density at radius 1 is 1.05 bits per heavy atom. The van der Waals surface area contributed by atoms with Crippen LogP contribution < -0.4 is 0 Å². The fourth-order valence-corrected chi connectivity index (χ4v) is 5.94. The van der Waals surface area contributed by atoms with Gasteiger partial charge in [-0.1, -0.05) is 43.0 Å². The molecule has 1 N–H and O–H groups in total. The quantitative estimate of drug-likeness (QED) is 0.238. The number of aromatic carboxylic acids is 1. The van der Waals surface area contributed by atoms with Crippen LogP contribution >= 0.6 is 11.6 Å². The summed E-state index contributed by atoms with van der Waals surface area (Å²) in [6.07, 6.45) is 5.29. The van der Waals surface area contributed by atoms with Crippen molar-refractivity contribution >= 4 is 28.6 Å². The van der Waals surface area contributed by atoms with E-state index in [1.807, 2.05) is 30.5 Å². The Morgan fingerprint density at radius 2 is 1.69 bits per heavy atom. The van der Waals surface area contributed by atoms with Crippen molar-refractivity contribution in [2.75, 3.05) is 0 Å². The molecule has 1 fully saturated rings. The Hall–Kier alpha value is -3.29. The summed E-state index contributed by atoms with van der Waals surface area (Å²) in [6.45, 7) is 4.31. The van der Waals surface area contributed by atoms with E-state index in [2.05, 4.69) is 0 Å². The number of benzene rings is 3. The molecule has 1 aliphatic rings. The Balaban J connectivity index is 1.62. The monoisotopic (exact) mass is 552 g/mol. The van der Waals surface area contributed by atoms with E-state index in [1.165, 1.54) is 6.07 Å². The van der Waals surface area contributed by atoms with Gasteiger partial charge in [0, 0.05) is 22.7 Å². The van der Waals surface area contributed by atoms with Crippen molar-refractivity contribution in [3.8, 4) is 11.4 Å². The van der Waals surface area contributed by atoms with E-state index < -0.39 is 23.2 Å². The highest BCUT2D eigenvalue weighted by Crippen LogP contribution is 2.45. The predicted octanol–water partition coefficient (Wildman–Crippen LogP) is 8.45. The topological polar surface area (TPSA) is 64.3 Å². The lowest BCUT2D eigenvalue weighted by molar-refractivity contribution is -0.0836. The highest BCUT2D eigenvalue weighted by Gasteiger charge is 2.41. The fourth-order valence-electron chi connectivity index (χ4n) is 5.81. The van der Waals surface area contributed by atoms with Crippen LogP contribution in [0.3, 0.4) is 0 Å². The summed E-state index contributed by atoms with van der Waals surface area (Å²) in [5.41, 5.74) is 1.99. The van der Waals surface area contributed by atoms with Gasteiger partial charge in [-0.2, -0.15) is 0 Å². The standard InChI is InChI=1S/C31H31ClF2N2O3/c1-31(2,39-18-19-8-10-22(11-9-19)30(37)38)28(20-6-4-3-5-7-20)36-27-17-25(34)24(33)16-26(27)35-29(36)21-12-14-23(32)15-13-21/h8-17,20,28H,3-7,18H2,1-2H3,(H,37,38). The molecule has 1 saturated carbocycles. The number of halogens is 3. The van der Waals surface area contributed by atoms with Crippen molar-refractivity contribution < 1.29 is 23.4 Å². The molecule has 1 aliphatic carbocycles. The second-order valence-corrected chi connectivity index (χ2v) is 11.2. The second kappa shape index (κ2) is 11.1. The van der Waals surface area contributed by atoms with Crippen molar-refractivity contribution in [3.63, 3.8) is 0 Å². The maximum Gasteiger partial charge on any atom is 0.335 e. The zero-order valence-electron chi connectivity index (χ0n) is 22.0. The third-order valence-electron chi connectivity index (χ3n) is 7.73. The normalized spacial score (nSPS) is 15.5. The van der Waals surface area contributed by atoms with Crippen LogP contribution in [0.1, 0.15) is 67.9 Å². The molecule has 204 valence electrons. The molecule has 0 bridgehead atoms. The molecule has 1 heterocycles. The van der Waals surface area contributed by atoms with Gasteiger partial charge in [0.05, 0.1) is 34.8 Å². The van der Waals surface area contributed by atoms with Crippen molar-refractivity contribution in [2.24, 2.45) is 5.92 Å². The van der Waals surface area contributed by atoms with Crippen LogP contribution in [0.15, 0.2) is 60.7 Å². The number of carboxylic acid groups (broad SMARTS) is 1. The zero-order chi connectivity index (χ0) is 27.7. The minimum Gasteiger partial charge on any atom is -0.478 e. The van der Waals surface area contributed by atoms with Crippen LogP contribution in [0.4, 0.5) is 8.78 Å². The minimum atomic E-state index is -0.981. The molecule has 39 heavy (non-hydrogen) atoms. The van der Waals surface area contributed by atoms with E-state index in [4.69, 9.17) is 21.3 Å². The van der Waals surface area contributed by atoms with Gasteiger partial charge in [-0.3, -0.25) is 0 Å². The third kappa shape index (κ3) is 5.70. The molecule has 4 aromatic rings. The van der Waals surface area contributed by atoms with Gasteiger partial charge in [0.2, 0.25) is 0 Å². The van der Waals surface area contributed by atoms with Gasteiger partial charge < -0.3 is 14.4 Å². The SMILES string of the molecule is CC(C)(OCc1ccc(C(=O)O)cc1)C(C1CCCCC1)n1c(-c2ccc(Cl)cc2)nc2cc(F)c(F)cc21. The molecule has 1 atom stereocenters. The maximum atomic E-state index is 14.6. The number of aromatic nitrogens is 2. The van der Waals surface area contributed by atoms with Gasteiger partial charge in [0.25, 0.3) is 0 Å². The van der Waals surface area contributed by atoms with E-state index in [0.717, 1.165) is 49.3 Å². The van der Waals surface area contributed by atoms with Gasteiger partial charge in [-0.05, 0) is 74.6 Å². The first-order valence-electron chi connectivity index (χ1n) is 13.2. The van der Waals surface area contributed by atoms with Gasteiger partial charge in [-0.15, -0.1) is 0 Å². The first-order chi connectivity index (χ1) is 18.6. The van der Waals surface area contributed by atoms with Gasteiger partial charge in [0.1, 0.15) is 5.82 Å². The Labute approximate surface area is 231 Å². The second-order valence-electron chi connectivity index (χ2n) is 10.8. The molecular weight excluding hydrogens is 522 g/mol. The van der Waals surface area contributed by atoms with Crippen LogP contribution in [0.5, 0.6) is 0 Å². The van der Waals surface area contributed by atoms with E-state index >= 15 is 0 Å². The van der Waals surface area contributed by atoms with Gasteiger partial charge >= 0.3 is 5.97 Å². The van der Waals surface area contributed by atoms with Crippen molar-refractivity contribution in [1.82, 2.24) is 9.55 Å². The summed E-state index contributed by atoms with van der Waals surface area (Å²) in [7, 11) is 0. The minimum absolute atomic E-state index is 0.213. The average Bonchev–Trinajstić information content (AvgIpc) is 3.26. The number of rotatable bonds is 8. The van der Waals surface area contributed by atoms with Crippen LogP contribution in [0.2, 0.25) is 5.02 Å². The van der Waals surface area contributed by atoms with Crippen molar-refractivity contribution in [2.45, 2.75) is 64.2 Å². The van der Waals surface area contributed by atoms with Gasteiger partial charge in [0.15, 0.2) is 11.6 Å². The smallest absolute Gasteiger partial charge is 0.335 e. The van der Waals surface area contributed by atoms with Crippen LogP contribution in [0.25, 0.3) is 22.4 Å². The summed E-state index contributed by atoms with van der Waals surface area (Å²) >= 11 is 6.16. The van der Waals surface area contributed by atoms with Crippen molar-refractivity contribution in [1.29, 1.82) is 0 Å². The first-order valence-corrected chi connectivity index (χ1v) is 13.6. The molecule has 1 unspecified atom stereocenters. The van der Waals surface area contributed by atoms with E-state index in [-0.39, 0.29) is 24.1 Å². The van der Waals surface area contributed by atoms with Crippen LogP contribution in [-0.2, 0) is 11.3 Å². The molecule has 1 aromatic heterocycles. The van der Waals surface area contributed by atoms with E-state index in [0.29, 0.717) is 21.9 Å². The summed E-state index contributed by atoms with van der Waals surface area (Å²) in [6, 6.07) is 16.0. The summed E-state index contributed by atoms with van der Waals surface area (Å²) in [4.78, 5) is 16.0. The fraction of sp³-hybridized carbons (Fsp3) is 0.355. The summed E-state index contributed by atoms with van der Waals surface area (Å²) < 4.78 is 37.6. The van der Waals surface area contributed by atoms with Crippen LogP contribution in [0, 0.1) is 17.6 Å². The van der Waals surface area contributed by atoms with Crippen molar-refractivity contribution in [3.05, 3.63) is 88.4 Å². The van der Waals surface area contributed by atoms with Crippen LogP contribution in [-0.4, -0.2) is 26.2 Å². The Bertz CT molecular complexity index is 1480. The van der Waals surface area contributed by atoms with E-state index in [1.54, 1.807) is 36.4 Å². The molecule has 0 radical (unpaired) electrons. The Morgan fingerprint density at radius 3 is 2.33 bits per heavy atom. The number of carboxylic acids is 1. The molecule has 0 amide bonds. The molecule has 0 saturated heterocycles. The molecule has 3 aromatic carbocycles. The molecule has 5 rings (SSSR count). The number of hydrogen-bond donors (Lipinski definition) is 1. The summed E-state index contributed by atoms with van der Waals surface area (Å²) in [5.74, 6) is -2.02. The first kappa shape index (κ1) is 27.3. The number of imidazole rings is 1. The largest absolute Gasteiger partial charge is 0.478 e. The lowest BCUT2D eigenvalue weighted by Gasteiger charge is -2.43.